The standard InChI is InChI=1S/C16H13N3O2/c20-16(12-21-14-9-5-2-6-10-14)15-11-17-18-19(15)13-7-3-1-4-8-13/h1-11H,12H2. The fourth-order valence-electron chi connectivity index (χ4n) is 1.92. The first-order valence-corrected chi connectivity index (χ1v) is 6.52. The third kappa shape index (κ3) is 2.97. The Bertz CT molecular complexity index is 724. The predicted molar refractivity (Wildman–Crippen MR) is 77.6 cm³/mol. The number of Topliss-reactive ketones (excluding diaryl/α,β-unsaturated/α-hetero) is 1. The highest BCUT2D eigenvalue weighted by Gasteiger charge is 2.15. The number of nitrogens with zero attached hydrogens (tertiary/aromatic N) is 3. The van der Waals surface area contributed by atoms with E-state index in [0.29, 0.717) is 11.4 Å². The average Bonchev–Trinajstić information content (AvgIpc) is 3.04. The maximum absolute atomic E-state index is 12.2. The quantitative estimate of drug-likeness (QED) is 0.673. The summed E-state index contributed by atoms with van der Waals surface area (Å²) in [7, 11) is 0. The van der Waals surface area contributed by atoms with Gasteiger partial charge in [0.1, 0.15) is 11.4 Å². The van der Waals surface area contributed by atoms with Crippen molar-refractivity contribution in [2.24, 2.45) is 0 Å². The van der Waals surface area contributed by atoms with Gasteiger partial charge in [0.05, 0.1) is 11.9 Å². The SMILES string of the molecule is O=C(COc1ccccc1)c1cnnn1-c1ccccc1. The van der Waals surface area contributed by atoms with Gasteiger partial charge in [-0.15, -0.1) is 5.10 Å². The Hall–Kier alpha value is -2.95. The molecule has 0 radical (unpaired) electrons. The molecule has 3 aromatic rings. The normalized spacial score (nSPS) is 10.3. The summed E-state index contributed by atoms with van der Waals surface area (Å²) >= 11 is 0. The minimum Gasteiger partial charge on any atom is -0.485 e. The number of carbonyl (C=O) groups excluding carboxylic acids is 1. The van der Waals surface area contributed by atoms with Crippen molar-refractivity contribution < 1.29 is 9.53 Å². The van der Waals surface area contributed by atoms with Gasteiger partial charge in [-0.05, 0) is 24.3 Å². The molecule has 21 heavy (non-hydrogen) atoms. The highest BCUT2D eigenvalue weighted by Crippen LogP contribution is 2.12. The molecule has 0 saturated carbocycles. The molecular weight excluding hydrogens is 266 g/mol. The highest BCUT2D eigenvalue weighted by molar-refractivity contribution is 5.95. The van der Waals surface area contributed by atoms with Gasteiger partial charge in [-0.25, -0.2) is 4.68 Å². The lowest BCUT2D eigenvalue weighted by Crippen LogP contribution is -2.16. The zero-order valence-corrected chi connectivity index (χ0v) is 11.2. The van der Waals surface area contributed by atoms with Gasteiger partial charge in [0.15, 0.2) is 6.61 Å². The van der Waals surface area contributed by atoms with Crippen molar-refractivity contribution in [1.29, 1.82) is 0 Å². The van der Waals surface area contributed by atoms with Crippen LogP contribution < -0.4 is 4.74 Å². The molecule has 5 heteroatoms. The minimum atomic E-state index is -0.173. The fourth-order valence-corrected chi connectivity index (χ4v) is 1.92. The lowest BCUT2D eigenvalue weighted by molar-refractivity contribution is 0.0913. The summed E-state index contributed by atoms with van der Waals surface area (Å²) in [5.74, 6) is 0.484. The molecule has 0 fully saturated rings. The monoisotopic (exact) mass is 279 g/mol. The molecule has 3 rings (SSSR count). The molecule has 0 atom stereocenters. The molecule has 0 saturated heterocycles. The summed E-state index contributed by atoms with van der Waals surface area (Å²) in [6.45, 7) is -0.0514. The second-order valence-electron chi connectivity index (χ2n) is 4.39. The number of benzene rings is 2. The molecule has 0 unspecified atom stereocenters. The van der Waals surface area contributed by atoms with Crippen molar-refractivity contribution in [1.82, 2.24) is 15.0 Å². The van der Waals surface area contributed by atoms with Gasteiger partial charge in [-0.1, -0.05) is 41.6 Å². The van der Waals surface area contributed by atoms with Gasteiger partial charge in [-0.2, -0.15) is 0 Å². The van der Waals surface area contributed by atoms with Crippen LogP contribution in [0.5, 0.6) is 5.75 Å². The zero-order valence-electron chi connectivity index (χ0n) is 11.2. The zero-order chi connectivity index (χ0) is 14.5. The van der Waals surface area contributed by atoms with Crippen LogP contribution in [0.2, 0.25) is 0 Å². The smallest absolute Gasteiger partial charge is 0.220 e. The Morgan fingerprint density at radius 1 is 1.00 bits per heavy atom. The molecule has 0 spiro atoms. The van der Waals surface area contributed by atoms with Crippen molar-refractivity contribution in [3.8, 4) is 11.4 Å². The van der Waals surface area contributed by atoms with Gasteiger partial charge in [0.2, 0.25) is 5.78 Å². The Labute approximate surface area is 121 Å². The summed E-state index contributed by atoms with van der Waals surface area (Å²) in [5, 5.41) is 7.76. The van der Waals surface area contributed by atoms with E-state index in [0.717, 1.165) is 5.69 Å². The van der Waals surface area contributed by atoms with E-state index in [-0.39, 0.29) is 12.4 Å². The molecule has 0 aliphatic carbocycles. The van der Waals surface area contributed by atoms with Crippen LogP contribution in [0.15, 0.2) is 66.9 Å². The molecule has 0 aliphatic rings. The number of para-hydroxylation sites is 2. The molecule has 0 N–H and O–H groups in total. The first-order valence-electron chi connectivity index (χ1n) is 6.52. The van der Waals surface area contributed by atoms with E-state index < -0.39 is 0 Å². The predicted octanol–water partition coefficient (Wildman–Crippen LogP) is 2.53. The van der Waals surface area contributed by atoms with Gasteiger partial charge in [0, 0.05) is 0 Å². The van der Waals surface area contributed by atoms with Crippen LogP contribution >= 0.6 is 0 Å². The number of aromatic nitrogens is 3. The first-order chi connectivity index (χ1) is 10.3. The van der Waals surface area contributed by atoms with Gasteiger partial charge in [-0.3, -0.25) is 4.79 Å². The van der Waals surface area contributed by atoms with Gasteiger partial charge in [0.25, 0.3) is 0 Å². The molecule has 0 amide bonds. The molecule has 0 aliphatic heterocycles. The van der Waals surface area contributed by atoms with Crippen molar-refractivity contribution in [2.75, 3.05) is 6.61 Å². The third-order valence-corrected chi connectivity index (χ3v) is 2.95. The van der Waals surface area contributed by atoms with E-state index in [1.54, 1.807) is 12.1 Å². The van der Waals surface area contributed by atoms with Crippen LogP contribution in [-0.4, -0.2) is 27.4 Å². The Morgan fingerprint density at radius 2 is 1.67 bits per heavy atom. The molecular formula is C16H13N3O2. The van der Waals surface area contributed by atoms with Crippen molar-refractivity contribution in [2.45, 2.75) is 0 Å². The summed E-state index contributed by atoms with van der Waals surface area (Å²) in [6.07, 6.45) is 1.45. The van der Waals surface area contributed by atoms with Crippen LogP contribution in [-0.2, 0) is 0 Å². The number of hydrogen-bond donors (Lipinski definition) is 0. The van der Waals surface area contributed by atoms with Crippen LogP contribution in [0.25, 0.3) is 5.69 Å². The molecule has 1 aromatic heterocycles. The number of ketones is 1. The largest absolute Gasteiger partial charge is 0.485 e. The molecule has 5 nitrogen and oxygen atoms in total. The maximum atomic E-state index is 12.2. The number of ether oxygens (including phenoxy) is 1. The minimum absolute atomic E-state index is 0.0514. The molecule has 104 valence electrons. The average molecular weight is 279 g/mol. The maximum Gasteiger partial charge on any atom is 0.220 e. The Kier molecular flexibility index (Phi) is 3.73. The highest BCUT2D eigenvalue weighted by atomic mass is 16.5. The van der Waals surface area contributed by atoms with E-state index >= 15 is 0 Å². The van der Waals surface area contributed by atoms with Crippen molar-refractivity contribution >= 4 is 5.78 Å². The third-order valence-electron chi connectivity index (χ3n) is 2.95. The number of hydrogen-bond acceptors (Lipinski definition) is 4. The van der Waals surface area contributed by atoms with E-state index in [2.05, 4.69) is 10.3 Å². The van der Waals surface area contributed by atoms with Crippen molar-refractivity contribution in [3.63, 3.8) is 0 Å². The van der Waals surface area contributed by atoms with Crippen molar-refractivity contribution in [3.05, 3.63) is 72.6 Å². The van der Waals surface area contributed by atoms with E-state index in [1.165, 1.54) is 10.9 Å². The summed E-state index contributed by atoms with van der Waals surface area (Å²) in [5.41, 5.74) is 1.19. The van der Waals surface area contributed by atoms with Crippen LogP contribution in [0, 0.1) is 0 Å². The second-order valence-corrected chi connectivity index (χ2v) is 4.39. The summed E-state index contributed by atoms with van der Waals surface area (Å²) in [4.78, 5) is 12.2. The fraction of sp³-hybridized carbons (Fsp3) is 0.0625. The lowest BCUT2D eigenvalue weighted by atomic mass is 10.2. The Morgan fingerprint density at radius 3 is 2.38 bits per heavy atom. The number of rotatable bonds is 5. The van der Waals surface area contributed by atoms with Gasteiger partial charge >= 0.3 is 0 Å². The van der Waals surface area contributed by atoms with Crippen LogP contribution in [0.4, 0.5) is 0 Å². The molecule has 0 bridgehead atoms. The summed E-state index contributed by atoms with van der Waals surface area (Å²) < 4.78 is 6.97. The summed E-state index contributed by atoms with van der Waals surface area (Å²) in [6, 6.07) is 18.6. The van der Waals surface area contributed by atoms with E-state index in [4.69, 9.17) is 4.74 Å². The number of carbonyl (C=O) groups is 1. The second kappa shape index (κ2) is 6.00. The molecule has 2 aromatic carbocycles. The lowest BCUT2D eigenvalue weighted by Gasteiger charge is -2.07. The first kappa shape index (κ1) is 13.1. The van der Waals surface area contributed by atoms with Crippen LogP contribution in [0.3, 0.4) is 0 Å². The van der Waals surface area contributed by atoms with E-state index in [1.807, 2.05) is 48.5 Å². The van der Waals surface area contributed by atoms with E-state index in [9.17, 15) is 4.79 Å². The molecule has 1 heterocycles. The van der Waals surface area contributed by atoms with Gasteiger partial charge < -0.3 is 4.74 Å². The Balaban J connectivity index is 1.76. The topological polar surface area (TPSA) is 57.0 Å². The van der Waals surface area contributed by atoms with Crippen LogP contribution in [0.1, 0.15) is 10.5 Å².